The first-order valence-electron chi connectivity index (χ1n) is 6.67. The Balaban J connectivity index is 1.85. The Labute approximate surface area is 128 Å². The van der Waals surface area contributed by atoms with Crippen LogP contribution in [0.25, 0.3) is 0 Å². The Morgan fingerprint density at radius 3 is 2.77 bits per heavy atom. The van der Waals surface area contributed by atoms with Crippen LogP contribution in [0.3, 0.4) is 0 Å². The van der Waals surface area contributed by atoms with E-state index in [1.54, 1.807) is 0 Å². The van der Waals surface area contributed by atoms with Crippen molar-refractivity contribution < 1.29 is 22.9 Å². The largest absolute Gasteiger partial charge is 0.379 e. The fourth-order valence-corrected chi connectivity index (χ4v) is 2.80. The number of rotatable bonds is 7. The molecule has 0 spiro atoms. The molecule has 1 saturated heterocycles. The highest BCUT2D eigenvalue weighted by molar-refractivity contribution is 7.89. The van der Waals surface area contributed by atoms with Crippen molar-refractivity contribution in [2.75, 3.05) is 39.5 Å². The number of nitro groups is 1. The van der Waals surface area contributed by atoms with E-state index in [0.717, 1.165) is 19.2 Å². The smallest absolute Gasteiger partial charge is 0.270 e. The molecule has 0 bridgehead atoms. The van der Waals surface area contributed by atoms with Gasteiger partial charge in [0, 0.05) is 31.8 Å². The lowest BCUT2D eigenvalue weighted by Crippen LogP contribution is -2.39. The van der Waals surface area contributed by atoms with Gasteiger partial charge in [-0.15, -0.1) is 0 Å². The fraction of sp³-hybridized carbons (Fsp3) is 0.500. The zero-order valence-electron chi connectivity index (χ0n) is 11.8. The average Bonchev–Trinajstić information content (AvgIpc) is 2.53. The topological polar surface area (TPSA) is 111 Å². The van der Waals surface area contributed by atoms with Crippen molar-refractivity contribution in [3.8, 4) is 0 Å². The quantitative estimate of drug-likeness (QED) is 0.429. The molecule has 1 N–H and O–H groups in total. The maximum Gasteiger partial charge on any atom is 0.270 e. The lowest BCUT2D eigenvalue weighted by atomic mass is 10.3. The van der Waals surface area contributed by atoms with Gasteiger partial charge in [-0.25, -0.2) is 8.42 Å². The predicted octanol–water partition coefficient (Wildman–Crippen LogP) is 0.137. The Bertz CT molecular complexity index is 615. The van der Waals surface area contributed by atoms with Crippen LogP contribution in [0, 0.1) is 10.1 Å². The number of hydrogen-bond acceptors (Lipinski definition) is 7. The van der Waals surface area contributed by atoms with Crippen LogP contribution in [-0.2, 0) is 19.6 Å². The fourth-order valence-electron chi connectivity index (χ4n) is 1.93. The van der Waals surface area contributed by atoms with Crippen LogP contribution in [-0.4, -0.2) is 57.7 Å². The lowest BCUT2D eigenvalue weighted by Gasteiger charge is -2.26. The van der Waals surface area contributed by atoms with Gasteiger partial charge in [0.25, 0.3) is 15.7 Å². The van der Waals surface area contributed by atoms with Gasteiger partial charge < -0.3 is 4.74 Å². The van der Waals surface area contributed by atoms with E-state index in [1.807, 2.05) is 4.89 Å². The molecule has 122 valence electrons. The number of nitrogens with zero attached hydrogens (tertiary/aromatic N) is 2. The standard InChI is InChI=1S/C12H17N3O6S/c16-15(17)11-2-1-3-12(10-11)22(18,19)13-21-9-6-14-4-7-20-8-5-14/h1-3,10,13H,4-9H2. The zero-order chi connectivity index (χ0) is 16.0. The first-order chi connectivity index (χ1) is 10.5. The van der Waals surface area contributed by atoms with Gasteiger partial charge >= 0.3 is 0 Å². The van der Waals surface area contributed by atoms with Crippen LogP contribution in [0.2, 0.25) is 0 Å². The number of morpholine rings is 1. The second-order valence-corrected chi connectivity index (χ2v) is 6.29. The van der Waals surface area contributed by atoms with E-state index in [2.05, 4.69) is 4.90 Å². The molecule has 22 heavy (non-hydrogen) atoms. The van der Waals surface area contributed by atoms with Gasteiger partial charge in [0.05, 0.1) is 29.6 Å². The number of hydrogen-bond donors (Lipinski definition) is 1. The Kier molecular flexibility index (Phi) is 5.80. The third-order valence-corrected chi connectivity index (χ3v) is 4.33. The highest BCUT2D eigenvalue weighted by atomic mass is 32.2. The van der Waals surface area contributed by atoms with Crippen LogP contribution in [0.4, 0.5) is 5.69 Å². The minimum absolute atomic E-state index is 0.175. The molecule has 9 nitrogen and oxygen atoms in total. The van der Waals surface area contributed by atoms with Gasteiger partial charge in [-0.2, -0.15) is 0 Å². The summed E-state index contributed by atoms with van der Waals surface area (Å²) < 4.78 is 29.1. The molecular weight excluding hydrogens is 314 g/mol. The summed E-state index contributed by atoms with van der Waals surface area (Å²) in [6.45, 7) is 3.61. The van der Waals surface area contributed by atoms with Crippen molar-refractivity contribution in [3.05, 3.63) is 34.4 Å². The number of non-ortho nitro benzene ring substituents is 1. The lowest BCUT2D eigenvalue weighted by molar-refractivity contribution is -0.385. The van der Waals surface area contributed by atoms with E-state index < -0.39 is 14.9 Å². The van der Waals surface area contributed by atoms with Crippen LogP contribution < -0.4 is 4.89 Å². The maximum absolute atomic E-state index is 12.0. The molecule has 0 aliphatic carbocycles. The summed E-state index contributed by atoms with van der Waals surface area (Å²) in [5, 5.41) is 10.7. The second-order valence-electron chi connectivity index (χ2n) is 4.64. The van der Waals surface area contributed by atoms with E-state index >= 15 is 0 Å². The summed E-state index contributed by atoms with van der Waals surface area (Å²) in [4.78, 5) is 18.8. The van der Waals surface area contributed by atoms with Crippen molar-refractivity contribution in [1.82, 2.24) is 9.79 Å². The number of sulfonamides is 1. The van der Waals surface area contributed by atoms with Crippen LogP contribution in [0.15, 0.2) is 29.2 Å². The molecule has 10 heteroatoms. The SMILES string of the molecule is O=[N+]([O-])c1cccc(S(=O)(=O)NOCCN2CCOCC2)c1. The molecule has 1 aromatic rings. The van der Waals surface area contributed by atoms with E-state index in [9.17, 15) is 18.5 Å². The van der Waals surface area contributed by atoms with Crippen LogP contribution in [0.1, 0.15) is 0 Å². The average molecular weight is 331 g/mol. The third-order valence-electron chi connectivity index (χ3n) is 3.12. The van der Waals surface area contributed by atoms with E-state index in [1.165, 1.54) is 18.2 Å². The molecule has 1 heterocycles. The van der Waals surface area contributed by atoms with Crippen LogP contribution >= 0.6 is 0 Å². The van der Waals surface area contributed by atoms with Crippen molar-refractivity contribution in [1.29, 1.82) is 0 Å². The van der Waals surface area contributed by atoms with Gasteiger partial charge in [0.1, 0.15) is 0 Å². The number of nitro benzene ring substituents is 1. The third kappa shape index (κ3) is 4.71. The number of nitrogens with one attached hydrogen (secondary N) is 1. The molecule has 2 rings (SSSR count). The molecule has 0 radical (unpaired) electrons. The zero-order valence-corrected chi connectivity index (χ0v) is 12.6. The van der Waals surface area contributed by atoms with Crippen molar-refractivity contribution in [2.24, 2.45) is 0 Å². The normalized spacial score (nSPS) is 16.5. The van der Waals surface area contributed by atoms with Gasteiger partial charge in [0.15, 0.2) is 0 Å². The van der Waals surface area contributed by atoms with E-state index in [4.69, 9.17) is 9.57 Å². The van der Waals surface area contributed by atoms with E-state index in [0.29, 0.717) is 19.8 Å². The van der Waals surface area contributed by atoms with Crippen LogP contribution in [0.5, 0.6) is 0 Å². The number of ether oxygens (including phenoxy) is 1. The Morgan fingerprint density at radius 2 is 2.09 bits per heavy atom. The maximum atomic E-state index is 12.0. The first kappa shape index (κ1) is 16.8. The highest BCUT2D eigenvalue weighted by Gasteiger charge is 2.18. The molecular formula is C12H17N3O6S. The summed E-state index contributed by atoms with van der Waals surface area (Å²) >= 11 is 0. The minimum atomic E-state index is -3.94. The van der Waals surface area contributed by atoms with E-state index in [-0.39, 0.29) is 17.2 Å². The summed E-state index contributed by atoms with van der Waals surface area (Å²) in [6, 6.07) is 4.77. The molecule has 1 aliphatic rings. The molecule has 1 fully saturated rings. The summed E-state index contributed by atoms with van der Waals surface area (Å²) in [6.07, 6.45) is 0. The highest BCUT2D eigenvalue weighted by Crippen LogP contribution is 2.16. The molecule has 0 aromatic heterocycles. The van der Waals surface area contributed by atoms with Gasteiger partial charge in [0.2, 0.25) is 0 Å². The van der Waals surface area contributed by atoms with Crippen molar-refractivity contribution in [2.45, 2.75) is 4.90 Å². The number of benzene rings is 1. The Hall–Kier alpha value is -1.59. The van der Waals surface area contributed by atoms with Crippen molar-refractivity contribution in [3.63, 3.8) is 0 Å². The molecule has 1 aliphatic heterocycles. The molecule has 1 aromatic carbocycles. The summed E-state index contributed by atoms with van der Waals surface area (Å²) in [5.41, 5.74) is -0.295. The second kappa shape index (κ2) is 7.61. The first-order valence-corrected chi connectivity index (χ1v) is 8.15. The molecule has 0 unspecified atom stereocenters. The Morgan fingerprint density at radius 1 is 1.36 bits per heavy atom. The monoisotopic (exact) mass is 331 g/mol. The predicted molar refractivity (Wildman–Crippen MR) is 76.6 cm³/mol. The van der Waals surface area contributed by atoms with Gasteiger partial charge in [-0.1, -0.05) is 11.0 Å². The van der Waals surface area contributed by atoms with Gasteiger partial charge in [-0.05, 0) is 6.07 Å². The van der Waals surface area contributed by atoms with Gasteiger partial charge in [-0.3, -0.25) is 19.9 Å². The van der Waals surface area contributed by atoms with Crippen molar-refractivity contribution >= 4 is 15.7 Å². The molecule has 0 amide bonds. The summed E-state index contributed by atoms with van der Waals surface area (Å²) in [5.74, 6) is 0. The minimum Gasteiger partial charge on any atom is -0.379 e. The molecule has 0 saturated carbocycles. The molecule has 0 atom stereocenters. The summed E-state index contributed by atoms with van der Waals surface area (Å²) in [7, 11) is -3.94.